The quantitative estimate of drug-likeness (QED) is 0.814. The number of methoxy groups -OCH3 is 2. The van der Waals surface area contributed by atoms with E-state index in [0.717, 1.165) is 5.56 Å². The Morgan fingerprint density at radius 1 is 1.28 bits per heavy atom. The third-order valence-electron chi connectivity index (χ3n) is 2.49. The maximum Gasteiger partial charge on any atom is 0.246 e. The van der Waals surface area contributed by atoms with Crippen LogP contribution in [0, 0.1) is 0 Å². The van der Waals surface area contributed by atoms with E-state index >= 15 is 0 Å². The highest BCUT2D eigenvalue weighted by atomic mass is 16.5. The van der Waals surface area contributed by atoms with Crippen LogP contribution in [-0.4, -0.2) is 26.7 Å². The van der Waals surface area contributed by atoms with Crippen LogP contribution in [0.15, 0.2) is 23.8 Å². The van der Waals surface area contributed by atoms with Gasteiger partial charge in [-0.2, -0.15) is 0 Å². The van der Waals surface area contributed by atoms with Crippen LogP contribution in [-0.2, 0) is 4.79 Å². The Morgan fingerprint density at radius 2 is 1.94 bits per heavy atom. The Hall–Kier alpha value is -1.97. The van der Waals surface area contributed by atoms with E-state index < -0.39 is 0 Å². The Morgan fingerprint density at radius 3 is 2.50 bits per heavy atom. The van der Waals surface area contributed by atoms with Crippen LogP contribution >= 0.6 is 0 Å². The van der Waals surface area contributed by atoms with Gasteiger partial charge in [0.15, 0.2) is 11.5 Å². The molecule has 0 atom stereocenters. The number of benzene rings is 1. The summed E-state index contributed by atoms with van der Waals surface area (Å²) in [6, 6.07) is 5.53. The number of ether oxygens (including phenoxy) is 2. The summed E-state index contributed by atoms with van der Waals surface area (Å²) >= 11 is 0. The first-order valence-electron chi connectivity index (χ1n) is 5.80. The normalized spacial score (nSPS) is 11.0. The molecule has 0 aromatic heterocycles. The van der Waals surface area contributed by atoms with E-state index in [1.807, 2.05) is 31.2 Å². The minimum atomic E-state index is -0.0627. The molecule has 0 spiro atoms. The molecule has 1 aromatic carbocycles. The van der Waals surface area contributed by atoms with Crippen molar-refractivity contribution in [1.29, 1.82) is 0 Å². The predicted octanol–water partition coefficient (Wildman–Crippen LogP) is 2.24. The molecule has 1 rings (SSSR count). The van der Waals surface area contributed by atoms with Gasteiger partial charge in [0, 0.05) is 12.1 Å². The molecule has 0 saturated carbocycles. The van der Waals surface area contributed by atoms with E-state index in [1.165, 1.54) is 0 Å². The number of likely N-dealkylation sites (N-methyl/N-ethyl adjacent to an activating group) is 1. The number of nitrogens with one attached hydrogen (secondary N) is 1. The van der Waals surface area contributed by atoms with Crippen molar-refractivity contribution in [3.05, 3.63) is 29.3 Å². The molecule has 18 heavy (non-hydrogen) atoms. The average molecular weight is 249 g/mol. The van der Waals surface area contributed by atoms with Gasteiger partial charge < -0.3 is 14.8 Å². The van der Waals surface area contributed by atoms with E-state index in [4.69, 9.17) is 9.47 Å². The molecule has 0 aliphatic rings. The first kappa shape index (κ1) is 14.1. The molecule has 1 N–H and O–H groups in total. The van der Waals surface area contributed by atoms with E-state index in [9.17, 15) is 4.79 Å². The van der Waals surface area contributed by atoms with E-state index in [2.05, 4.69) is 5.32 Å². The maximum absolute atomic E-state index is 11.6. The smallest absolute Gasteiger partial charge is 0.246 e. The van der Waals surface area contributed by atoms with Crippen molar-refractivity contribution in [2.45, 2.75) is 13.8 Å². The highest BCUT2D eigenvalue weighted by molar-refractivity contribution is 5.97. The van der Waals surface area contributed by atoms with Crippen LogP contribution < -0.4 is 14.8 Å². The summed E-state index contributed by atoms with van der Waals surface area (Å²) in [5.74, 6) is 1.26. The largest absolute Gasteiger partial charge is 0.493 e. The highest BCUT2D eigenvalue weighted by Crippen LogP contribution is 2.28. The molecule has 4 heteroatoms. The highest BCUT2D eigenvalue weighted by Gasteiger charge is 2.05. The molecular weight excluding hydrogens is 230 g/mol. The van der Waals surface area contributed by atoms with Crippen molar-refractivity contribution in [1.82, 2.24) is 5.32 Å². The van der Waals surface area contributed by atoms with Gasteiger partial charge in [0.25, 0.3) is 0 Å². The maximum atomic E-state index is 11.6. The summed E-state index contributed by atoms with van der Waals surface area (Å²) in [6.45, 7) is 4.29. The van der Waals surface area contributed by atoms with Gasteiger partial charge in [0.1, 0.15) is 0 Å². The number of hydrogen-bond donors (Lipinski definition) is 1. The van der Waals surface area contributed by atoms with Crippen LogP contribution in [0.4, 0.5) is 0 Å². The van der Waals surface area contributed by atoms with E-state index in [-0.39, 0.29) is 5.91 Å². The van der Waals surface area contributed by atoms with Crippen molar-refractivity contribution in [3.63, 3.8) is 0 Å². The summed E-state index contributed by atoms with van der Waals surface area (Å²) < 4.78 is 10.4. The SMILES string of the molecule is CCNC(=O)/C(C)=C/c1ccc(OC)c(OC)c1. The molecule has 98 valence electrons. The predicted molar refractivity (Wildman–Crippen MR) is 71.9 cm³/mol. The summed E-state index contributed by atoms with van der Waals surface area (Å²) in [7, 11) is 3.18. The minimum Gasteiger partial charge on any atom is -0.493 e. The van der Waals surface area contributed by atoms with Gasteiger partial charge >= 0.3 is 0 Å². The zero-order valence-corrected chi connectivity index (χ0v) is 11.2. The summed E-state index contributed by atoms with van der Waals surface area (Å²) in [5, 5.41) is 2.75. The fourth-order valence-corrected chi connectivity index (χ4v) is 1.56. The van der Waals surface area contributed by atoms with E-state index in [0.29, 0.717) is 23.6 Å². The van der Waals surface area contributed by atoms with Gasteiger partial charge in [-0.25, -0.2) is 0 Å². The number of carbonyl (C=O) groups excluding carboxylic acids is 1. The lowest BCUT2D eigenvalue weighted by Gasteiger charge is -2.08. The molecule has 4 nitrogen and oxygen atoms in total. The monoisotopic (exact) mass is 249 g/mol. The molecular formula is C14H19NO3. The van der Waals surface area contributed by atoms with Crippen LogP contribution in [0.3, 0.4) is 0 Å². The summed E-state index contributed by atoms with van der Waals surface area (Å²) in [4.78, 5) is 11.6. The average Bonchev–Trinajstić information content (AvgIpc) is 2.38. The fraction of sp³-hybridized carbons (Fsp3) is 0.357. The molecule has 0 saturated heterocycles. The Bertz CT molecular complexity index is 452. The van der Waals surface area contributed by atoms with Crippen LogP contribution in [0.2, 0.25) is 0 Å². The van der Waals surface area contributed by atoms with Gasteiger partial charge in [-0.3, -0.25) is 4.79 Å². The third-order valence-corrected chi connectivity index (χ3v) is 2.49. The van der Waals surface area contributed by atoms with Crippen molar-refractivity contribution >= 4 is 12.0 Å². The number of amides is 1. The van der Waals surface area contributed by atoms with Gasteiger partial charge in [-0.1, -0.05) is 6.07 Å². The van der Waals surface area contributed by atoms with Gasteiger partial charge in [-0.15, -0.1) is 0 Å². The fourth-order valence-electron chi connectivity index (χ4n) is 1.56. The second-order valence-electron chi connectivity index (χ2n) is 3.80. The van der Waals surface area contributed by atoms with Gasteiger partial charge in [0.2, 0.25) is 5.91 Å². The van der Waals surface area contributed by atoms with Gasteiger partial charge in [-0.05, 0) is 37.6 Å². The number of carbonyl (C=O) groups is 1. The molecule has 0 unspecified atom stereocenters. The lowest BCUT2D eigenvalue weighted by Crippen LogP contribution is -2.23. The second kappa shape index (κ2) is 6.69. The Labute approximate surface area is 108 Å². The molecule has 0 aliphatic heterocycles. The molecule has 0 heterocycles. The third kappa shape index (κ3) is 3.52. The van der Waals surface area contributed by atoms with Crippen LogP contribution in [0.5, 0.6) is 11.5 Å². The Balaban J connectivity index is 2.97. The molecule has 1 aromatic rings. The lowest BCUT2D eigenvalue weighted by molar-refractivity contribution is -0.117. The molecule has 0 fully saturated rings. The standard InChI is InChI=1S/C14H19NO3/c1-5-15-14(16)10(2)8-11-6-7-12(17-3)13(9-11)18-4/h6-9H,5H2,1-4H3,(H,15,16)/b10-8+. The van der Waals surface area contributed by atoms with Gasteiger partial charge in [0.05, 0.1) is 14.2 Å². The Kier molecular flexibility index (Phi) is 5.24. The van der Waals surface area contributed by atoms with Crippen molar-refractivity contribution in [2.75, 3.05) is 20.8 Å². The minimum absolute atomic E-state index is 0.0627. The van der Waals surface area contributed by atoms with Crippen molar-refractivity contribution in [2.24, 2.45) is 0 Å². The zero-order valence-electron chi connectivity index (χ0n) is 11.2. The first-order chi connectivity index (χ1) is 8.62. The number of rotatable bonds is 5. The van der Waals surface area contributed by atoms with E-state index in [1.54, 1.807) is 21.1 Å². The second-order valence-corrected chi connectivity index (χ2v) is 3.80. The first-order valence-corrected chi connectivity index (χ1v) is 5.80. The molecule has 0 radical (unpaired) electrons. The molecule has 0 bridgehead atoms. The lowest BCUT2D eigenvalue weighted by atomic mass is 10.1. The summed E-state index contributed by atoms with van der Waals surface area (Å²) in [5.41, 5.74) is 1.56. The zero-order chi connectivity index (χ0) is 13.5. The number of hydrogen-bond acceptors (Lipinski definition) is 3. The van der Waals surface area contributed by atoms with Crippen LogP contribution in [0.25, 0.3) is 6.08 Å². The molecule has 0 aliphatic carbocycles. The van der Waals surface area contributed by atoms with Crippen molar-refractivity contribution in [3.8, 4) is 11.5 Å². The molecule has 1 amide bonds. The topological polar surface area (TPSA) is 47.6 Å². The van der Waals surface area contributed by atoms with Crippen LogP contribution in [0.1, 0.15) is 19.4 Å². The van der Waals surface area contributed by atoms with Crippen molar-refractivity contribution < 1.29 is 14.3 Å². The summed E-state index contributed by atoms with van der Waals surface area (Å²) in [6.07, 6.45) is 1.81.